The molecule has 2 heterocycles. The molecule has 2 aliphatic rings. The summed E-state index contributed by atoms with van der Waals surface area (Å²) in [6.45, 7) is 3.73. The molecule has 0 spiro atoms. The molecule has 0 N–H and O–H groups in total. The van der Waals surface area contributed by atoms with E-state index in [1.807, 2.05) is 0 Å². The highest BCUT2D eigenvalue weighted by Crippen LogP contribution is 2.42. The molecule has 0 bridgehead atoms. The molecular weight excluding hydrogens is 264 g/mol. The number of hydrogen-bond donors (Lipinski definition) is 0. The zero-order valence-corrected chi connectivity index (χ0v) is 12.3. The molecule has 1 aliphatic carbocycles. The molecule has 2 atom stereocenters. The van der Waals surface area contributed by atoms with Gasteiger partial charge < -0.3 is 9.15 Å². The van der Waals surface area contributed by atoms with Crippen molar-refractivity contribution >= 4 is 0 Å². The van der Waals surface area contributed by atoms with Gasteiger partial charge in [0.25, 0.3) is 0 Å². The minimum atomic E-state index is -0.153. The Kier molecular flexibility index (Phi) is 3.07. The summed E-state index contributed by atoms with van der Waals surface area (Å²) in [5.74, 6) is 1.78. The Morgan fingerprint density at radius 3 is 3.00 bits per heavy atom. The average molecular weight is 284 g/mol. The highest BCUT2D eigenvalue weighted by atomic mass is 16.5. The van der Waals surface area contributed by atoms with Gasteiger partial charge in [0.15, 0.2) is 0 Å². The van der Waals surface area contributed by atoms with Crippen molar-refractivity contribution < 1.29 is 9.15 Å². The largest absolute Gasteiger partial charge is 0.424 e. The second-order valence-electron chi connectivity index (χ2n) is 6.35. The molecule has 21 heavy (non-hydrogen) atoms. The van der Waals surface area contributed by atoms with Gasteiger partial charge in [0.2, 0.25) is 11.8 Å². The Hall–Kier alpha value is -1.68. The van der Waals surface area contributed by atoms with E-state index in [0.29, 0.717) is 6.61 Å². The Bertz CT molecular complexity index is 646. The lowest BCUT2D eigenvalue weighted by Crippen LogP contribution is -2.29. The molecule has 2 aromatic rings. The van der Waals surface area contributed by atoms with E-state index in [1.54, 1.807) is 0 Å². The van der Waals surface area contributed by atoms with Crippen molar-refractivity contribution in [3.05, 3.63) is 47.2 Å². The lowest BCUT2D eigenvalue weighted by Gasteiger charge is -2.32. The molecule has 1 aliphatic heterocycles. The molecule has 4 rings (SSSR count). The van der Waals surface area contributed by atoms with Crippen LogP contribution in [0.4, 0.5) is 0 Å². The van der Waals surface area contributed by atoms with E-state index in [4.69, 9.17) is 9.15 Å². The van der Waals surface area contributed by atoms with Gasteiger partial charge in [-0.05, 0) is 43.7 Å². The zero-order chi connectivity index (χ0) is 14.3. The Morgan fingerprint density at radius 1 is 1.24 bits per heavy atom. The van der Waals surface area contributed by atoms with E-state index in [9.17, 15) is 0 Å². The van der Waals surface area contributed by atoms with Gasteiger partial charge in [0.1, 0.15) is 0 Å². The van der Waals surface area contributed by atoms with E-state index in [-0.39, 0.29) is 11.3 Å². The van der Waals surface area contributed by atoms with Crippen LogP contribution < -0.4 is 0 Å². The predicted molar refractivity (Wildman–Crippen MR) is 78.3 cm³/mol. The molecule has 4 nitrogen and oxygen atoms in total. The van der Waals surface area contributed by atoms with E-state index in [1.165, 1.54) is 11.1 Å². The van der Waals surface area contributed by atoms with Crippen LogP contribution >= 0.6 is 0 Å². The second-order valence-corrected chi connectivity index (χ2v) is 6.35. The summed E-state index contributed by atoms with van der Waals surface area (Å²) in [7, 11) is 0. The molecule has 0 amide bonds. The third kappa shape index (κ3) is 2.09. The van der Waals surface area contributed by atoms with Gasteiger partial charge in [-0.1, -0.05) is 24.3 Å². The summed E-state index contributed by atoms with van der Waals surface area (Å²) in [6.07, 6.45) is 4.35. The fraction of sp³-hybridized carbons (Fsp3) is 0.529. The molecule has 1 aromatic heterocycles. The first-order valence-corrected chi connectivity index (χ1v) is 7.77. The first-order valence-electron chi connectivity index (χ1n) is 7.77. The van der Waals surface area contributed by atoms with Crippen LogP contribution in [-0.2, 0) is 16.6 Å². The van der Waals surface area contributed by atoms with Crippen molar-refractivity contribution in [3.8, 4) is 0 Å². The minimum Gasteiger partial charge on any atom is -0.424 e. The molecule has 0 unspecified atom stereocenters. The normalized spacial score (nSPS) is 28.5. The van der Waals surface area contributed by atoms with Crippen molar-refractivity contribution in [2.75, 3.05) is 13.2 Å². The van der Waals surface area contributed by atoms with E-state index < -0.39 is 0 Å². The van der Waals surface area contributed by atoms with Crippen molar-refractivity contribution in [1.29, 1.82) is 0 Å². The summed E-state index contributed by atoms with van der Waals surface area (Å²) in [5, 5.41) is 8.68. The fourth-order valence-corrected chi connectivity index (χ4v) is 3.62. The Labute approximate surface area is 124 Å². The molecule has 1 saturated heterocycles. The summed E-state index contributed by atoms with van der Waals surface area (Å²) in [5.41, 5.74) is 2.60. The Balaban J connectivity index is 1.72. The SMILES string of the molecule is C[C@@]1(c2nnc([C@H]3CCOC3)o2)CCCc2ccccc21. The molecule has 1 fully saturated rings. The maximum Gasteiger partial charge on any atom is 0.226 e. The maximum absolute atomic E-state index is 6.06. The number of rotatable bonds is 2. The number of aromatic nitrogens is 2. The minimum absolute atomic E-state index is 0.153. The second kappa shape index (κ2) is 4.95. The van der Waals surface area contributed by atoms with E-state index in [2.05, 4.69) is 41.4 Å². The molecule has 0 saturated carbocycles. The van der Waals surface area contributed by atoms with E-state index in [0.717, 1.165) is 44.1 Å². The summed E-state index contributed by atoms with van der Waals surface area (Å²) >= 11 is 0. The first kappa shape index (κ1) is 13.0. The fourth-order valence-electron chi connectivity index (χ4n) is 3.62. The van der Waals surface area contributed by atoms with Crippen LogP contribution in [0.15, 0.2) is 28.7 Å². The van der Waals surface area contributed by atoms with Crippen molar-refractivity contribution in [3.63, 3.8) is 0 Å². The van der Waals surface area contributed by atoms with Gasteiger partial charge in [0.05, 0.1) is 17.9 Å². The standard InChI is InChI=1S/C17H20N2O2/c1-17(9-4-6-12-5-2-3-7-14(12)17)16-19-18-15(21-16)13-8-10-20-11-13/h2-3,5,7,13H,4,6,8-11H2,1H3/t13-,17+/m0/s1. The van der Waals surface area contributed by atoms with Gasteiger partial charge in [-0.15, -0.1) is 10.2 Å². The highest BCUT2D eigenvalue weighted by Gasteiger charge is 2.39. The van der Waals surface area contributed by atoms with Crippen LogP contribution in [0.5, 0.6) is 0 Å². The lowest BCUT2D eigenvalue weighted by molar-refractivity contribution is 0.190. The smallest absolute Gasteiger partial charge is 0.226 e. The molecule has 4 heteroatoms. The van der Waals surface area contributed by atoms with Crippen molar-refractivity contribution in [2.24, 2.45) is 0 Å². The van der Waals surface area contributed by atoms with Crippen LogP contribution in [0.1, 0.15) is 55.0 Å². The molecule has 1 aromatic carbocycles. The summed E-state index contributed by atoms with van der Waals surface area (Å²) < 4.78 is 11.5. The number of fused-ring (bicyclic) bond motifs is 1. The van der Waals surface area contributed by atoms with Gasteiger partial charge in [0, 0.05) is 6.61 Å². The Morgan fingerprint density at radius 2 is 2.14 bits per heavy atom. The van der Waals surface area contributed by atoms with Crippen LogP contribution in [0.25, 0.3) is 0 Å². The van der Waals surface area contributed by atoms with Crippen LogP contribution in [0, 0.1) is 0 Å². The van der Waals surface area contributed by atoms with Gasteiger partial charge >= 0.3 is 0 Å². The molecule has 0 radical (unpaired) electrons. The van der Waals surface area contributed by atoms with Crippen LogP contribution in [-0.4, -0.2) is 23.4 Å². The predicted octanol–water partition coefficient (Wildman–Crippen LogP) is 3.22. The summed E-state index contributed by atoms with van der Waals surface area (Å²) in [6, 6.07) is 8.63. The van der Waals surface area contributed by atoms with Crippen molar-refractivity contribution in [1.82, 2.24) is 10.2 Å². The van der Waals surface area contributed by atoms with Crippen LogP contribution in [0.3, 0.4) is 0 Å². The lowest BCUT2D eigenvalue weighted by atomic mass is 9.71. The highest BCUT2D eigenvalue weighted by molar-refractivity contribution is 5.40. The number of hydrogen-bond acceptors (Lipinski definition) is 4. The maximum atomic E-state index is 6.06. The summed E-state index contributed by atoms with van der Waals surface area (Å²) in [4.78, 5) is 0. The monoisotopic (exact) mass is 284 g/mol. The number of nitrogens with zero attached hydrogens (tertiary/aromatic N) is 2. The first-order chi connectivity index (χ1) is 10.3. The third-order valence-electron chi connectivity index (χ3n) is 4.93. The molecule has 110 valence electrons. The number of benzene rings is 1. The number of ether oxygens (including phenoxy) is 1. The average Bonchev–Trinajstić information content (AvgIpc) is 3.19. The topological polar surface area (TPSA) is 48.2 Å². The molecular formula is C17H20N2O2. The van der Waals surface area contributed by atoms with Gasteiger partial charge in [-0.3, -0.25) is 0 Å². The third-order valence-corrected chi connectivity index (χ3v) is 4.93. The van der Waals surface area contributed by atoms with Gasteiger partial charge in [-0.2, -0.15) is 0 Å². The van der Waals surface area contributed by atoms with Gasteiger partial charge in [-0.25, -0.2) is 0 Å². The van der Waals surface area contributed by atoms with Crippen molar-refractivity contribution in [2.45, 2.75) is 43.9 Å². The zero-order valence-electron chi connectivity index (χ0n) is 12.3. The van der Waals surface area contributed by atoms with Crippen LogP contribution in [0.2, 0.25) is 0 Å². The quantitative estimate of drug-likeness (QED) is 0.849. The van der Waals surface area contributed by atoms with E-state index >= 15 is 0 Å². The number of aryl methyl sites for hydroxylation is 1.